The fourth-order valence-electron chi connectivity index (χ4n) is 4.12. The fraction of sp³-hybridized carbons (Fsp3) is 0.500. The Hall–Kier alpha value is -2.67. The Balaban J connectivity index is 1.50. The predicted octanol–water partition coefficient (Wildman–Crippen LogP) is 2.60. The van der Waals surface area contributed by atoms with Gasteiger partial charge in [0.1, 0.15) is 0 Å². The van der Waals surface area contributed by atoms with E-state index in [1.807, 2.05) is 35.4 Å². The molecule has 7 heteroatoms. The molecule has 1 aromatic heterocycles. The minimum atomic E-state index is -0.613. The zero-order chi connectivity index (χ0) is 20.4. The molecular weight excluding hydrogens is 368 g/mol. The predicted molar refractivity (Wildman–Crippen MR) is 109 cm³/mol. The quantitative estimate of drug-likeness (QED) is 0.774. The molecule has 0 N–H and O–H groups in total. The van der Waals surface area contributed by atoms with Crippen molar-refractivity contribution < 1.29 is 14.3 Å². The van der Waals surface area contributed by atoms with Crippen LogP contribution in [0.2, 0.25) is 0 Å². The molecule has 1 fully saturated rings. The number of para-hydroxylation sites is 2. The molecule has 7 nitrogen and oxygen atoms in total. The largest absolute Gasteiger partial charge is 0.493 e. The van der Waals surface area contributed by atoms with Gasteiger partial charge in [-0.15, -0.1) is 0 Å². The number of amides is 1. The van der Waals surface area contributed by atoms with Crippen molar-refractivity contribution in [3.8, 4) is 11.5 Å². The summed E-state index contributed by atoms with van der Waals surface area (Å²) in [5.74, 6) is 1.90. The van der Waals surface area contributed by atoms with Crippen LogP contribution in [0.5, 0.6) is 11.5 Å². The number of carbonyl (C=O) groups is 1. The second kappa shape index (κ2) is 8.37. The van der Waals surface area contributed by atoms with Crippen molar-refractivity contribution in [1.82, 2.24) is 19.8 Å². The Morgan fingerprint density at radius 3 is 2.83 bits per heavy atom. The zero-order valence-corrected chi connectivity index (χ0v) is 17.3. The Labute approximate surface area is 171 Å². The van der Waals surface area contributed by atoms with Gasteiger partial charge in [-0.1, -0.05) is 12.1 Å². The summed E-state index contributed by atoms with van der Waals surface area (Å²) in [6, 6.07) is 7.29. The van der Waals surface area contributed by atoms with E-state index in [0.29, 0.717) is 18.0 Å². The monoisotopic (exact) mass is 396 g/mol. The van der Waals surface area contributed by atoms with Crippen LogP contribution in [-0.4, -0.2) is 59.0 Å². The number of nitrogens with zero attached hydrogens (tertiary/aromatic N) is 4. The Morgan fingerprint density at radius 2 is 2.03 bits per heavy atom. The molecule has 1 saturated heterocycles. The summed E-state index contributed by atoms with van der Waals surface area (Å²) in [5, 5.41) is 0. The van der Waals surface area contributed by atoms with Gasteiger partial charge >= 0.3 is 0 Å². The normalized spacial score (nSPS) is 20.2. The topological polar surface area (TPSA) is 67.8 Å². The van der Waals surface area contributed by atoms with E-state index in [-0.39, 0.29) is 11.9 Å². The molecule has 4 rings (SSSR count). The Bertz CT molecular complexity index is 888. The van der Waals surface area contributed by atoms with Crippen LogP contribution in [0, 0.1) is 0 Å². The molecule has 2 aliphatic rings. The summed E-state index contributed by atoms with van der Waals surface area (Å²) in [6.45, 7) is 4.37. The molecular formula is C22H28N4O3. The first-order valence-electron chi connectivity index (χ1n) is 10.2. The van der Waals surface area contributed by atoms with E-state index in [1.54, 1.807) is 14.0 Å². The molecule has 2 atom stereocenters. The third-order valence-corrected chi connectivity index (χ3v) is 5.70. The van der Waals surface area contributed by atoms with Gasteiger partial charge in [-0.05, 0) is 38.9 Å². The average molecular weight is 396 g/mol. The Kier molecular flexibility index (Phi) is 5.67. The van der Waals surface area contributed by atoms with Gasteiger partial charge in [0.15, 0.2) is 23.4 Å². The van der Waals surface area contributed by atoms with Crippen molar-refractivity contribution in [3.63, 3.8) is 0 Å². The van der Waals surface area contributed by atoms with E-state index in [9.17, 15) is 4.79 Å². The molecule has 0 saturated carbocycles. The maximum Gasteiger partial charge on any atom is 0.263 e. The number of methoxy groups -OCH3 is 1. The molecule has 0 unspecified atom stereocenters. The van der Waals surface area contributed by atoms with E-state index < -0.39 is 6.10 Å². The molecule has 2 aliphatic heterocycles. The third-order valence-electron chi connectivity index (χ3n) is 5.70. The first-order chi connectivity index (χ1) is 14.1. The standard InChI is InChI=1S/C22H28N4O3/c1-15(29-20-9-5-4-8-19(20)28-3)22(27)26-11-6-7-18(26)21-23-13-16-14-25(2)12-10-17(16)24-21/h4-5,8-9,13,15,18H,6-7,10-12,14H2,1-3H3/t15-,18-/m1/s1. The van der Waals surface area contributed by atoms with Crippen LogP contribution in [0.15, 0.2) is 30.5 Å². The van der Waals surface area contributed by atoms with Gasteiger partial charge in [0, 0.05) is 43.5 Å². The van der Waals surface area contributed by atoms with E-state index in [2.05, 4.69) is 16.9 Å². The minimum Gasteiger partial charge on any atom is -0.493 e. The van der Waals surface area contributed by atoms with Gasteiger partial charge in [0.25, 0.3) is 5.91 Å². The fourth-order valence-corrected chi connectivity index (χ4v) is 4.12. The zero-order valence-electron chi connectivity index (χ0n) is 17.3. The van der Waals surface area contributed by atoms with E-state index in [4.69, 9.17) is 14.5 Å². The van der Waals surface area contributed by atoms with Crippen molar-refractivity contribution in [2.75, 3.05) is 27.2 Å². The number of rotatable bonds is 5. The molecule has 0 bridgehead atoms. The van der Waals surface area contributed by atoms with Gasteiger partial charge in [-0.3, -0.25) is 4.79 Å². The number of ether oxygens (including phenoxy) is 2. The summed E-state index contributed by atoms with van der Waals surface area (Å²) in [5.41, 5.74) is 2.30. The molecule has 0 aliphatic carbocycles. The summed E-state index contributed by atoms with van der Waals surface area (Å²) >= 11 is 0. The second-order valence-corrected chi connectivity index (χ2v) is 7.79. The van der Waals surface area contributed by atoms with E-state index in [0.717, 1.165) is 43.9 Å². The van der Waals surface area contributed by atoms with Crippen molar-refractivity contribution >= 4 is 5.91 Å². The van der Waals surface area contributed by atoms with Gasteiger partial charge in [-0.25, -0.2) is 9.97 Å². The molecule has 1 aromatic carbocycles. The highest BCUT2D eigenvalue weighted by molar-refractivity contribution is 5.81. The van der Waals surface area contributed by atoms with Crippen molar-refractivity contribution in [1.29, 1.82) is 0 Å². The lowest BCUT2D eigenvalue weighted by Crippen LogP contribution is -2.40. The van der Waals surface area contributed by atoms with Crippen LogP contribution in [0.4, 0.5) is 0 Å². The maximum absolute atomic E-state index is 13.2. The lowest BCUT2D eigenvalue weighted by Gasteiger charge is -2.28. The van der Waals surface area contributed by atoms with Crippen LogP contribution in [-0.2, 0) is 17.8 Å². The minimum absolute atomic E-state index is 0.0422. The lowest BCUT2D eigenvalue weighted by atomic mass is 10.1. The molecule has 0 spiro atoms. The van der Waals surface area contributed by atoms with Gasteiger partial charge in [0.2, 0.25) is 0 Å². The first-order valence-corrected chi connectivity index (χ1v) is 10.2. The number of carbonyl (C=O) groups excluding carboxylic acids is 1. The van der Waals surface area contributed by atoms with Gasteiger partial charge < -0.3 is 19.3 Å². The first kappa shape index (κ1) is 19.6. The number of likely N-dealkylation sites (tertiary alicyclic amines) is 1. The average Bonchev–Trinajstić information content (AvgIpc) is 3.23. The number of benzene rings is 1. The van der Waals surface area contributed by atoms with Crippen molar-refractivity contribution in [2.24, 2.45) is 0 Å². The number of aromatic nitrogens is 2. The molecule has 29 heavy (non-hydrogen) atoms. The van der Waals surface area contributed by atoms with E-state index in [1.165, 1.54) is 5.56 Å². The molecule has 2 aromatic rings. The number of fused-ring (bicyclic) bond motifs is 1. The molecule has 154 valence electrons. The van der Waals surface area contributed by atoms with Crippen LogP contribution < -0.4 is 9.47 Å². The van der Waals surface area contributed by atoms with Crippen molar-refractivity contribution in [2.45, 2.75) is 44.9 Å². The molecule has 3 heterocycles. The highest BCUT2D eigenvalue weighted by Crippen LogP contribution is 2.33. The maximum atomic E-state index is 13.2. The van der Waals surface area contributed by atoms with Crippen LogP contribution in [0.25, 0.3) is 0 Å². The highest BCUT2D eigenvalue weighted by Gasteiger charge is 2.35. The SMILES string of the molecule is COc1ccccc1O[C@H](C)C(=O)N1CCC[C@@H]1c1ncc2c(n1)CCN(C)C2. The second-order valence-electron chi connectivity index (χ2n) is 7.79. The Morgan fingerprint density at radius 1 is 1.24 bits per heavy atom. The van der Waals surface area contributed by atoms with Gasteiger partial charge in [0.05, 0.1) is 13.2 Å². The molecule has 0 radical (unpaired) electrons. The van der Waals surface area contributed by atoms with Gasteiger partial charge in [-0.2, -0.15) is 0 Å². The number of likely N-dealkylation sites (N-methyl/N-ethyl adjacent to an activating group) is 1. The summed E-state index contributed by atoms with van der Waals surface area (Å²) in [6.07, 6.45) is 4.07. The summed E-state index contributed by atoms with van der Waals surface area (Å²) in [4.78, 5) is 26.8. The summed E-state index contributed by atoms with van der Waals surface area (Å²) in [7, 11) is 3.70. The summed E-state index contributed by atoms with van der Waals surface area (Å²) < 4.78 is 11.3. The lowest BCUT2D eigenvalue weighted by molar-refractivity contribution is -0.139. The highest BCUT2D eigenvalue weighted by atomic mass is 16.5. The molecule has 1 amide bonds. The third kappa shape index (κ3) is 4.05. The number of hydrogen-bond donors (Lipinski definition) is 0. The van der Waals surface area contributed by atoms with E-state index >= 15 is 0 Å². The van der Waals surface area contributed by atoms with Crippen molar-refractivity contribution in [3.05, 3.63) is 47.5 Å². The number of hydrogen-bond acceptors (Lipinski definition) is 6. The van der Waals surface area contributed by atoms with Crippen LogP contribution in [0.3, 0.4) is 0 Å². The smallest absolute Gasteiger partial charge is 0.263 e. The van der Waals surface area contributed by atoms with Crippen LogP contribution >= 0.6 is 0 Å². The van der Waals surface area contributed by atoms with Crippen LogP contribution in [0.1, 0.15) is 42.9 Å².